The average Bonchev–Trinajstić information content (AvgIpc) is 2.89. The van der Waals surface area contributed by atoms with E-state index >= 15 is 0 Å². The molecule has 132 valence electrons. The summed E-state index contributed by atoms with van der Waals surface area (Å²) in [5.74, 6) is -0.879. The van der Waals surface area contributed by atoms with Crippen molar-refractivity contribution in [1.29, 1.82) is 0 Å². The van der Waals surface area contributed by atoms with Crippen LogP contribution in [0.1, 0.15) is 67.1 Å². The van der Waals surface area contributed by atoms with Crippen molar-refractivity contribution in [2.24, 2.45) is 0 Å². The third-order valence-electron chi connectivity index (χ3n) is 5.36. The maximum absolute atomic E-state index is 13.0. The minimum atomic E-state index is -0.661. The number of carbonyl (C=O) groups excluding carboxylic acids is 3. The predicted molar refractivity (Wildman–Crippen MR) is 89.5 cm³/mol. The van der Waals surface area contributed by atoms with Gasteiger partial charge in [0.2, 0.25) is 11.8 Å². The Bertz CT molecular complexity index is 711. The van der Waals surface area contributed by atoms with Gasteiger partial charge in [-0.15, -0.1) is 0 Å². The molecule has 2 fully saturated rings. The lowest BCUT2D eigenvalue weighted by Crippen LogP contribution is -2.54. The van der Waals surface area contributed by atoms with Gasteiger partial charge in [-0.2, -0.15) is 0 Å². The Morgan fingerprint density at radius 3 is 2.52 bits per heavy atom. The number of nitrogens with one attached hydrogen (secondary N) is 1. The number of rotatable bonds is 3. The molecule has 6 heteroatoms. The van der Waals surface area contributed by atoms with Gasteiger partial charge in [0.15, 0.2) is 6.23 Å². The first-order valence-corrected chi connectivity index (χ1v) is 9.06. The molecule has 2 atom stereocenters. The first kappa shape index (κ1) is 16.3. The van der Waals surface area contributed by atoms with Crippen molar-refractivity contribution < 1.29 is 19.1 Å². The highest BCUT2D eigenvalue weighted by molar-refractivity contribution is 6.05. The number of hydrogen-bond donors (Lipinski definition) is 1. The number of ether oxygens (including phenoxy) is 1. The summed E-state index contributed by atoms with van der Waals surface area (Å²) in [5.41, 5.74) is 1.41. The molecule has 2 heterocycles. The summed E-state index contributed by atoms with van der Waals surface area (Å²) in [6, 6.07) is 6.72. The maximum atomic E-state index is 13.0. The Morgan fingerprint density at radius 1 is 1.00 bits per heavy atom. The van der Waals surface area contributed by atoms with Gasteiger partial charge in [0.1, 0.15) is 6.04 Å². The molecule has 1 aliphatic carbocycles. The Hall–Kier alpha value is -2.21. The molecular formula is C19H22N2O4. The monoisotopic (exact) mass is 342 g/mol. The fraction of sp³-hybridized carbons (Fsp3) is 0.526. The largest absolute Gasteiger partial charge is 0.351 e. The zero-order valence-corrected chi connectivity index (χ0v) is 14.1. The molecule has 1 aromatic carbocycles. The number of piperidine rings is 1. The van der Waals surface area contributed by atoms with Crippen LogP contribution in [0, 0.1) is 0 Å². The van der Waals surface area contributed by atoms with E-state index in [1.807, 2.05) is 18.2 Å². The highest BCUT2D eigenvalue weighted by Crippen LogP contribution is 2.39. The number of imide groups is 1. The zero-order chi connectivity index (χ0) is 17.4. The van der Waals surface area contributed by atoms with Crippen molar-refractivity contribution in [3.8, 4) is 0 Å². The molecule has 0 radical (unpaired) electrons. The minimum absolute atomic E-state index is 0.105. The molecule has 1 saturated carbocycles. The molecule has 0 aromatic heterocycles. The molecule has 1 saturated heterocycles. The molecule has 3 amide bonds. The average molecular weight is 342 g/mol. The fourth-order valence-electron chi connectivity index (χ4n) is 4.08. The predicted octanol–water partition coefficient (Wildman–Crippen LogP) is 2.30. The van der Waals surface area contributed by atoms with Crippen molar-refractivity contribution in [1.82, 2.24) is 10.2 Å². The lowest BCUT2D eigenvalue weighted by atomic mass is 9.97. The molecule has 2 unspecified atom stereocenters. The third-order valence-corrected chi connectivity index (χ3v) is 5.36. The highest BCUT2D eigenvalue weighted by Gasteiger charge is 2.46. The summed E-state index contributed by atoms with van der Waals surface area (Å²) in [7, 11) is 0. The summed E-state index contributed by atoms with van der Waals surface area (Å²) >= 11 is 0. The van der Waals surface area contributed by atoms with Gasteiger partial charge in [0.05, 0.1) is 6.10 Å². The number of amides is 3. The standard InChI is InChI=1S/C19H22N2O4/c22-16-11-10-15(17(23)20-16)21-18(24)13-8-4-5-9-14(13)19(21)25-12-6-2-1-3-7-12/h4-5,8-9,12,15,19H,1-3,6-7,10-11H2,(H,20,22,23). The minimum Gasteiger partial charge on any atom is -0.351 e. The van der Waals surface area contributed by atoms with Crippen molar-refractivity contribution in [2.45, 2.75) is 63.3 Å². The van der Waals surface area contributed by atoms with Crippen LogP contribution >= 0.6 is 0 Å². The van der Waals surface area contributed by atoms with Gasteiger partial charge in [-0.3, -0.25) is 24.6 Å². The van der Waals surface area contributed by atoms with Gasteiger partial charge >= 0.3 is 0 Å². The van der Waals surface area contributed by atoms with Crippen molar-refractivity contribution in [3.05, 3.63) is 35.4 Å². The third kappa shape index (κ3) is 2.95. The summed E-state index contributed by atoms with van der Waals surface area (Å²) < 4.78 is 6.33. The van der Waals surface area contributed by atoms with Crippen LogP contribution in [0.3, 0.4) is 0 Å². The van der Waals surface area contributed by atoms with Crippen LogP contribution in [0.5, 0.6) is 0 Å². The molecule has 1 N–H and O–H groups in total. The fourth-order valence-corrected chi connectivity index (χ4v) is 4.08. The zero-order valence-electron chi connectivity index (χ0n) is 14.1. The van der Waals surface area contributed by atoms with Crippen LogP contribution in [0.2, 0.25) is 0 Å². The summed E-state index contributed by atoms with van der Waals surface area (Å²) in [6.07, 6.45) is 5.59. The van der Waals surface area contributed by atoms with E-state index < -0.39 is 18.2 Å². The van der Waals surface area contributed by atoms with E-state index in [4.69, 9.17) is 4.74 Å². The second-order valence-electron chi connectivity index (χ2n) is 7.02. The second-order valence-corrected chi connectivity index (χ2v) is 7.02. The number of benzene rings is 1. The first-order chi connectivity index (χ1) is 12.1. The summed E-state index contributed by atoms with van der Waals surface area (Å²) in [6.45, 7) is 0. The molecule has 3 aliphatic rings. The van der Waals surface area contributed by atoms with Crippen molar-refractivity contribution in [2.75, 3.05) is 0 Å². The summed E-state index contributed by atoms with van der Waals surface area (Å²) in [4.78, 5) is 38.3. The van der Waals surface area contributed by atoms with E-state index in [0.717, 1.165) is 31.2 Å². The molecule has 1 aromatic rings. The van der Waals surface area contributed by atoms with Gasteiger partial charge in [-0.05, 0) is 25.3 Å². The van der Waals surface area contributed by atoms with Crippen LogP contribution in [-0.2, 0) is 14.3 Å². The molecule has 25 heavy (non-hydrogen) atoms. The van der Waals surface area contributed by atoms with E-state index in [2.05, 4.69) is 5.32 Å². The second kappa shape index (κ2) is 6.59. The molecule has 6 nitrogen and oxygen atoms in total. The lowest BCUT2D eigenvalue weighted by molar-refractivity contribution is -0.145. The van der Waals surface area contributed by atoms with E-state index in [-0.39, 0.29) is 24.3 Å². The van der Waals surface area contributed by atoms with Gasteiger partial charge in [-0.25, -0.2) is 0 Å². The first-order valence-electron chi connectivity index (χ1n) is 9.06. The van der Waals surface area contributed by atoms with Crippen LogP contribution in [0.4, 0.5) is 0 Å². The van der Waals surface area contributed by atoms with Gasteiger partial charge in [-0.1, -0.05) is 37.5 Å². The molecule has 0 spiro atoms. The van der Waals surface area contributed by atoms with E-state index in [1.54, 1.807) is 11.0 Å². The van der Waals surface area contributed by atoms with E-state index in [1.165, 1.54) is 6.42 Å². The quantitative estimate of drug-likeness (QED) is 0.855. The van der Waals surface area contributed by atoms with Gasteiger partial charge < -0.3 is 4.74 Å². The van der Waals surface area contributed by atoms with Crippen molar-refractivity contribution in [3.63, 3.8) is 0 Å². The maximum Gasteiger partial charge on any atom is 0.257 e. The molecule has 4 rings (SSSR count). The Balaban J connectivity index is 1.64. The number of nitrogens with zero attached hydrogens (tertiary/aromatic N) is 1. The molecule has 0 bridgehead atoms. The number of hydrogen-bond acceptors (Lipinski definition) is 4. The van der Waals surface area contributed by atoms with Crippen LogP contribution in [-0.4, -0.2) is 34.8 Å². The molecule has 2 aliphatic heterocycles. The lowest BCUT2D eigenvalue weighted by Gasteiger charge is -2.36. The smallest absolute Gasteiger partial charge is 0.257 e. The van der Waals surface area contributed by atoms with E-state index in [0.29, 0.717) is 12.0 Å². The van der Waals surface area contributed by atoms with E-state index in [9.17, 15) is 14.4 Å². The topological polar surface area (TPSA) is 75.7 Å². The van der Waals surface area contributed by atoms with Crippen LogP contribution in [0.25, 0.3) is 0 Å². The number of fused-ring (bicyclic) bond motifs is 1. The molecular weight excluding hydrogens is 320 g/mol. The Labute approximate surface area is 146 Å². The van der Waals surface area contributed by atoms with Gasteiger partial charge in [0.25, 0.3) is 5.91 Å². The highest BCUT2D eigenvalue weighted by atomic mass is 16.5. The SMILES string of the molecule is O=C1CCC(N2C(=O)c3ccccc3C2OC2CCCCC2)C(=O)N1. The van der Waals surface area contributed by atoms with Crippen molar-refractivity contribution >= 4 is 17.7 Å². The van der Waals surface area contributed by atoms with Gasteiger partial charge in [0, 0.05) is 17.5 Å². The summed E-state index contributed by atoms with van der Waals surface area (Å²) in [5, 5.41) is 2.35. The number of carbonyl (C=O) groups is 3. The van der Waals surface area contributed by atoms with Crippen LogP contribution in [0.15, 0.2) is 24.3 Å². The van der Waals surface area contributed by atoms with Crippen LogP contribution < -0.4 is 5.32 Å². The Morgan fingerprint density at radius 2 is 1.76 bits per heavy atom. The Kier molecular flexibility index (Phi) is 4.29. The normalized spacial score (nSPS) is 27.4.